The second-order valence-corrected chi connectivity index (χ2v) is 9.05. The van der Waals surface area contributed by atoms with Crippen molar-refractivity contribution in [2.24, 2.45) is 0 Å². The lowest BCUT2D eigenvalue weighted by Crippen LogP contribution is -2.34. The first-order valence-electron chi connectivity index (χ1n) is 10.1. The topological polar surface area (TPSA) is 83.1 Å². The Hall–Kier alpha value is -1.77. The van der Waals surface area contributed by atoms with Gasteiger partial charge in [0.1, 0.15) is 0 Å². The molecule has 0 unspecified atom stereocenters. The van der Waals surface area contributed by atoms with Gasteiger partial charge in [0.25, 0.3) is 5.91 Å². The molecule has 3 N–H and O–H groups in total. The van der Waals surface area contributed by atoms with Crippen molar-refractivity contribution in [2.45, 2.75) is 51.0 Å². The summed E-state index contributed by atoms with van der Waals surface area (Å²) in [4.78, 5) is 28.7. The van der Waals surface area contributed by atoms with Crippen LogP contribution in [0.1, 0.15) is 54.6 Å². The first kappa shape index (κ1) is 21.9. The first-order chi connectivity index (χ1) is 14.1. The van der Waals surface area contributed by atoms with Crippen molar-refractivity contribution in [2.75, 3.05) is 18.4 Å². The van der Waals surface area contributed by atoms with E-state index in [0.717, 1.165) is 17.4 Å². The van der Waals surface area contributed by atoms with Crippen molar-refractivity contribution >= 4 is 44.2 Å². The Labute approximate surface area is 184 Å². The van der Waals surface area contributed by atoms with Crippen molar-refractivity contribution in [3.05, 3.63) is 45.4 Å². The quantitative estimate of drug-likeness (QED) is 0.473. The Morgan fingerprint density at radius 2 is 1.86 bits per heavy atom. The molecule has 0 radical (unpaired) electrons. The van der Waals surface area contributed by atoms with Gasteiger partial charge < -0.3 is 10.6 Å². The summed E-state index contributed by atoms with van der Waals surface area (Å²) in [6.07, 6.45) is 7.71. The highest BCUT2D eigenvalue weighted by molar-refractivity contribution is 9.10. The maximum atomic E-state index is 12.2. The summed E-state index contributed by atoms with van der Waals surface area (Å²) in [5, 5.41) is 11.6. The van der Waals surface area contributed by atoms with Crippen LogP contribution in [0.25, 0.3) is 0 Å². The Balaban J connectivity index is 1.34. The number of carbonyl (C=O) groups excluding carboxylic acids is 2. The van der Waals surface area contributed by atoms with E-state index in [-0.39, 0.29) is 18.2 Å². The van der Waals surface area contributed by atoms with Crippen molar-refractivity contribution in [3.63, 3.8) is 0 Å². The summed E-state index contributed by atoms with van der Waals surface area (Å²) in [6.45, 7) is 1.60. The predicted molar refractivity (Wildman–Crippen MR) is 120 cm³/mol. The van der Waals surface area contributed by atoms with Gasteiger partial charge in [0.2, 0.25) is 5.91 Å². The van der Waals surface area contributed by atoms with Gasteiger partial charge in [-0.3, -0.25) is 14.9 Å². The lowest BCUT2D eigenvalue weighted by molar-refractivity contribution is -0.120. The third-order valence-electron chi connectivity index (χ3n) is 4.93. The highest BCUT2D eigenvalue weighted by atomic mass is 79.9. The van der Waals surface area contributed by atoms with Gasteiger partial charge in [0, 0.05) is 28.0 Å². The second kappa shape index (κ2) is 11.4. The number of nitrogens with one attached hydrogen (secondary N) is 3. The van der Waals surface area contributed by atoms with E-state index in [1.807, 2.05) is 12.1 Å². The third kappa shape index (κ3) is 7.53. The van der Waals surface area contributed by atoms with Gasteiger partial charge in [0.15, 0.2) is 5.13 Å². The number of thiazole rings is 1. The van der Waals surface area contributed by atoms with Crippen LogP contribution < -0.4 is 16.0 Å². The van der Waals surface area contributed by atoms with E-state index in [4.69, 9.17) is 0 Å². The molecule has 1 saturated carbocycles. The molecule has 1 heterocycles. The van der Waals surface area contributed by atoms with Gasteiger partial charge in [0.05, 0.1) is 12.1 Å². The number of carbonyl (C=O) groups is 2. The van der Waals surface area contributed by atoms with E-state index in [1.54, 1.807) is 17.5 Å². The van der Waals surface area contributed by atoms with Gasteiger partial charge in [-0.15, -0.1) is 11.3 Å². The van der Waals surface area contributed by atoms with E-state index in [2.05, 4.69) is 36.9 Å². The summed E-state index contributed by atoms with van der Waals surface area (Å²) >= 11 is 4.67. The zero-order valence-corrected chi connectivity index (χ0v) is 18.8. The molecule has 6 nitrogen and oxygen atoms in total. The van der Waals surface area contributed by atoms with E-state index < -0.39 is 0 Å². The smallest absolute Gasteiger partial charge is 0.257 e. The summed E-state index contributed by atoms with van der Waals surface area (Å²) < 4.78 is 0.918. The summed E-state index contributed by atoms with van der Waals surface area (Å²) in [5.41, 5.74) is 1.23. The molecule has 156 valence electrons. The average Bonchev–Trinajstić information content (AvgIpc) is 3.15. The van der Waals surface area contributed by atoms with Crippen LogP contribution in [0.4, 0.5) is 5.13 Å². The zero-order valence-electron chi connectivity index (χ0n) is 16.4. The maximum Gasteiger partial charge on any atom is 0.257 e. The molecule has 1 aliphatic rings. The number of benzene rings is 1. The van der Waals surface area contributed by atoms with E-state index >= 15 is 0 Å². The Morgan fingerprint density at radius 1 is 1.10 bits per heavy atom. The number of nitrogens with zero attached hydrogens (tertiary/aromatic N) is 1. The minimum Gasteiger partial charge on any atom is -0.356 e. The number of hydrogen-bond acceptors (Lipinski definition) is 5. The Morgan fingerprint density at radius 3 is 2.62 bits per heavy atom. The molecular formula is C21H27BrN4O2S. The van der Waals surface area contributed by atoms with Crippen LogP contribution in [0.3, 0.4) is 0 Å². The number of rotatable bonds is 9. The molecule has 1 aromatic heterocycles. The minimum absolute atomic E-state index is 0.0428. The van der Waals surface area contributed by atoms with Crippen molar-refractivity contribution in [3.8, 4) is 0 Å². The fourth-order valence-corrected chi connectivity index (χ4v) is 4.34. The van der Waals surface area contributed by atoms with E-state index in [9.17, 15) is 9.59 Å². The van der Waals surface area contributed by atoms with Crippen molar-refractivity contribution in [1.29, 1.82) is 0 Å². The first-order valence-corrected chi connectivity index (χ1v) is 11.8. The molecule has 0 aliphatic heterocycles. The predicted octanol–water partition coefficient (Wildman–Crippen LogP) is 4.13. The van der Waals surface area contributed by atoms with E-state index in [0.29, 0.717) is 29.0 Å². The van der Waals surface area contributed by atoms with Gasteiger partial charge >= 0.3 is 0 Å². The highest BCUT2D eigenvalue weighted by Crippen LogP contribution is 2.18. The fraction of sp³-hybridized carbons (Fsp3) is 0.476. The number of anilines is 1. The molecule has 0 saturated heterocycles. The minimum atomic E-state index is -0.215. The molecule has 0 bridgehead atoms. The third-order valence-corrected chi connectivity index (χ3v) is 6.27. The van der Waals surface area contributed by atoms with Crippen LogP contribution in [-0.2, 0) is 11.2 Å². The van der Waals surface area contributed by atoms with Gasteiger partial charge in [-0.05, 0) is 50.1 Å². The summed E-state index contributed by atoms with van der Waals surface area (Å²) in [5.74, 6) is -0.257. The molecule has 2 amide bonds. The summed E-state index contributed by atoms with van der Waals surface area (Å²) in [7, 11) is 0. The lowest BCUT2D eigenvalue weighted by Gasteiger charge is -2.22. The van der Waals surface area contributed by atoms with Gasteiger partial charge in [-0.25, -0.2) is 4.98 Å². The summed E-state index contributed by atoms with van der Waals surface area (Å²) in [6, 6.07) is 7.77. The molecule has 29 heavy (non-hydrogen) atoms. The monoisotopic (exact) mass is 478 g/mol. The van der Waals surface area contributed by atoms with Crippen LogP contribution in [0.15, 0.2) is 34.1 Å². The molecule has 0 spiro atoms. The number of hydrogen-bond donors (Lipinski definition) is 3. The standard InChI is InChI=1S/C21H27BrN4O2S/c22-16-9-7-15(8-10-16)20(28)26-21-25-18(14-29-21)13-19(27)24-12-4-11-23-17-5-2-1-3-6-17/h7-10,14,17,23H,1-6,11-13H2,(H,24,27)(H,25,26,28). The molecule has 3 rings (SSSR count). The number of amides is 2. The van der Waals surface area contributed by atoms with Crippen LogP contribution in [0.5, 0.6) is 0 Å². The van der Waals surface area contributed by atoms with Gasteiger partial charge in [-0.1, -0.05) is 35.2 Å². The molecule has 2 aromatic rings. The van der Waals surface area contributed by atoms with Crippen LogP contribution in [0, 0.1) is 0 Å². The second-order valence-electron chi connectivity index (χ2n) is 7.27. The van der Waals surface area contributed by atoms with Crippen molar-refractivity contribution < 1.29 is 9.59 Å². The van der Waals surface area contributed by atoms with Crippen LogP contribution in [-0.4, -0.2) is 35.9 Å². The molecule has 1 aromatic carbocycles. The van der Waals surface area contributed by atoms with Gasteiger partial charge in [-0.2, -0.15) is 0 Å². The maximum absolute atomic E-state index is 12.2. The lowest BCUT2D eigenvalue weighted by atomic mass is 9.95. The van der Waals surface area contributed by atoms with Crippen molar-refractivity contribution in [1.82, 2.24) is 15.6 Å². The number of halogens is 1. The van der Waals surface area contributed by atoms with E-state index in [1.165, 1.54) is 43.4 Å². The molecular weight excluding hydrogens is 452 g/mol. The van der Waals surface area contributed by atoms with Crippen LogP contribution in [0.2, 0.25) is 0 Å². The molecule has 1 aliphatic carbocycles. The highest BCUT2D eigenvalue weighted by Gasteiger charge is 2.13. The average molecular weight is 479 g/mol. The Kier molecular flexibility index (Phi) is 8.64. The zero-order chi connectivity index (χ0) is 20.5. The number of aromatic nitrogens is 1. The molecule has 0 atom stereocenters. The Bertz CT molecular complexity index is 803. The molecule has 8 heteroatoms. The normalized spacial score (nSPS) is 14.5. The molecule has 1 fully saturated rings. The largest absolute Gasteiger partial charge is 0.356 e. The van der Waals surface area contributed by atoms with Crippen LogP contribution >= 0.6 is 27.3 Å². The SMILES string of the molecule is O=C(Cc1csc(NC(=O)c2ccc(Br)cc2)n1)NCCCNC1CCCCC1. The fourth-order valence-electron chi connectivity index (χ4n) is 3.37.